The van der Waals surface area contributed by atoms with E-state index in [9.17, 15) is 4.79 Å². The predicted molar refractivity (Wildman–Crippen MR) is 59.8 cm³/mol. The lowest BCUT2D eigenvalue weighted by Gasteiger charge is -2.03. The first-order valence-corrected chi connectivity index (χ1v) is 5.14. The van der Waals surface area contributed by atoms with Gasteiger partial charge in [0, 0.05) is 37.1 Å². The van der Waals surface area contributed by atoms with Gasteiger partial charge in [-0.25, -0.2) is 4.98 Å². The third kappa shape index (κ3) is 1.23. The summed E-state index contributed by atoms with van der Waals surface area (Å²) in [6.07, 6.45) is 3.64. The van der Waals surface area contributed by atoms with Crippen LogP contribution in [0, 0.1) is 0 Å². The van der Waals surface area contributed by atoms with E-state index in [0.29, 0.717) is 6.54 Å². The van der Waals surface area contributed by atoms with Gasteiger partial charge in [-0.05, 0) is 11.6 Å². The molecule has 16 heavy (non-hydrogen) atoms. The Morgan fingerprint density at radius 2 is 2.31 bits per heavy atom. The molecule has 1 aliphatic heterocycles. The number of fused-ring (bicyclic) bond motifs is 1. The molecule has 0 atom stereocenters. The van der Waals surface area contributed by atoms with Gasteiger partial charge in [0.15, 0.2) is 0 Å². The number of nitrogens with zero attached hydrogens (tertiary/aromatic N) is 2. The fourth-order valence-corrected chi connectivity index (χ4v) is 2.00. The maximum absolute atomic E-state index is 11.5. The number of aryl methyl sites for hydroxylation is 1. The van der Waals surface area contributed by atoms with Crippen molar-refractivity contribution in [1.29, 1.82) is 0 Å². The molecule has 0 radical (unpaired) electrons. The van der Waals surface area contributed by atoms with Gasteiger partial charge < -0.3 is 9.88 Å². The lowest BCUT2D eigenvalue weighted by Crippen LogP contribution is -2.12. The Hall–Kier alpha value is -2.10. The van der Waals surface area contributed by atoms with Crippen LogP contribution in [0.15, 0.2) is 30.6 Å². The Kier molecular flexibility index (Phi) is 1.83. The summed E-state index contributed by atoms with van der Waals surface area (Å²) in [6.45, 7) is 0.634. The van der Waals surface area contributed by atoms with Crippen LogP contribution in [-0.2, 0) is 13.6 Å². The molecule has 1 N–H and O–H groups in total. The molecule has 80 valence electrons. The second-order valence-electron chi connectivity index (χ2n) is 3.92. The minimum Gasteiger partial charge on any atom is -0.348 e. The number of nitrogens with one attached hydrogen (secondary N) is 1. The molecule has 0 bridgehead atoms. The largest absolute Gasteiger partial charge is 0.348 e. The van der Waals surface area contributed by atoms with E-state index >= 15 is 0 Å². The summed E-state index contributed by atoms with van der Waals surface area (Å²) in [5, 5.41) is 2.81. The average Bonchev–Trinajstić information content (AvgIpc) is 2.86. The number of carbonyl (C=O) groups excluding carboxylic acids is 1. The van der Waals surface area contributed by atoms with Crippen molar-refractivity contribution in [3.05, 3.63) is 41.7 Å². The van der Waals surface area contributed by atoms with E-state index in [-0.39, 0.29) is 5.91 Å². The van der Waals surface area contributed by atoms with Gasteiger partial charge in [0.25, 0.3) is 5.91 Å². The quantitative estimate of drug-likeness (QED) is 0.776. The molecule has 2 heterocycles. The predicted octanol–water partition coefficient (Wildman–Crippen LogP) is 1.33. The minimum absolute atomic E-state index is 0.00561. The van der Waals surface area contributed by atoms with E-state index in [1.165, 1.54) is 0 Å². The molecule has 3 rings (SSSR count). The lowest BCUT2D eigenvalue weighted by atomic mass is 10.1. The summed E-state index contributed by atoms with van der Waals surface area (Å²) >= 11 is 0. The van der Waals surface area contributed by atoms with Crippen LogP contribution >= 0.6 is 0 Å². The van der Waals surface area contributed by atoms with Gasteiger partial charge in [-0.15, -0.1) is 0 Å². The third-order valence-electron chi connectivity index (χ3n) is 2.87. The van der Waals surface area contributed by atoms with E-state index in [2.05, 4.69) is 10.3 Å². The van der Waals surface area contributed by atoms with Crippen LogP contribution in [-0.4, -0.2) is 15.5 Å². The molecule has 1 aliphatic rings. The van der Waals surface area contributed by atoms with Gasteiger partial charge in [0.1, 0.15) is 5.82 Å². The van der Waals surface area contributed by atoms with Crippen molar-refractivity contribution in [1.82, 2.24) is 14.9 Å². The normalized spacial score (nSPS) is 13.7. The second kappa shape index (κ2) is 3.20. The number of imidazole rings is 1. The topological polar surface area (TPSA) is 46.9 Å². The first kappa shape index (κ1) is 9.15. The zero-order valence-corrected chi connectivity index (χ0v) is 8.90. The molecule has 1 aromatic carbocycles. The van der Waals surface area contributed by atoms with Crippen LogP contribution in [0.25, 0.3) is 11.4 Å². The summed E-state index contributed by atoms with van der Waals surface area (Å²) in [5.41, 5.74) is 2.80. The minimum atomic E-state index is 0.00561. The van der Waals surface area contributed by atoms with Crippen molar-refractivity contribution in [2.24, 2.45) is 7.05 Å². The summed E-state index contributed by atoms with van der Waals surface area (Å²) in [5.74, 6) is 0.883. The first-order chi connectivity index (χ1) is 7.75. The molecule has 0 saturated carbocycles. The smallest absolute Gasteiger partial charge is 0.251 e. The van der Waals surface area contributed by atoms with Gasteiger partial charge >= 0.3 is 0 Å². The monoisotopic (exact) mass is 213 g/mol. The summed E-state index contributed by atoms with van der Waals surface area (Å²) in [7, 11) is 1.94. The highest BCUT2D eigenvalue weighted by atomic mass is 16.1. The van der Waals surface area contributed by atoms with E-state index in [4.69, 9.17) is 0 Å². The van der Waals surface area contributed by atoms with Crippen LogP contribution in [0.1, 0.15) is 15.9 Å². The highest BCUT2D eigenvalue weighted by Crippen LogP contribution is 2.23. The first-order valence-electron chi connectivity index (χ1n) is 5.14. The van der Waals surface area contributed by atoms with Crippen molar-refractivity contribution >= 4 is 5.91 Å². The maximum atomic E-state index is 11.5. The molecular weight excluding hydrogens is 202 g/mol. The molecule has 4 nitrogen and oxygen atoms in total. The van der Waals surface area contributed by atoms with Crippen molar-refractivity contribution in [3.8, 4) is 11.4 Å². The number of carbonyl (C=O) groups is 1. The van der Waals surface area contributed by atoms with E-state index < -0.39 is 0 Å². The fraction of sp³-hybridized carbons (Fsp3) is 0.167. The fourth-order valence-electron chi connectivity index (χ4n) is 2.00. The summed E-state index contributed by atoms with van der Waals surface area (Å²) < 4.78 is 1.94. The van der Waals surface area contributed by atoms with Crippen LogP contribution in [0.5, 0.6) is 0 Å². The Morgan fingerprint density at radius 3 is 3.06 bits per heavy atom. The van der Waals surface area contributed by atoms with E-state index in [0.717, 1.165) is 22.5 Å². The maximum Gasteiger partial charge on any atom is 0.251 e. The van der Waals surface area contributed by atoms with E-state index in [1.54, 1.807) is 6.20 Å². The second-order valence-corrected chi connectivity index (χ2v) is 3.92. The Labute approximate surface area is 92.9 Å². The molecule has 1 amide bonds. The van der Waals surface area contributed by atoms with Crippen molar-refractivity contribution < 1.29 is 4.79 Å². The van der Waals surface area contributed by atoms with Gasteiger partial charge in [-0.1, -0.05) is 12.1 Å². The molecule has 0 fully saturated rings. The molecule has 2 aromatic rings. The van der Waals surface area contributed by atoms with Crippen LogP contribution in [0.3, 0.4) is 0 Å². The number of amides is 1. The Bertz CT molecular complexity index is 571. The third-order valence-corrected chi connectivity index (χ3v) is 2.87. The van der Waals surface area contributed by atoms with Crippen molar-refractivity contribution in [2.45, 2.75) is 6.54 Å². The van der Waals surface area contributed by atoms with Crippen LogP contribution in [0.4, 0.5) is 0 Å². The van der Waals surface area contributed by atoms with Crippen molar-refractivity contribution in [3.63, 3.8) is 0 Å². The lowest BCUT2D eigenvalue weighted by molar-refractivity contribution is 0.0966. The highest BCUT2D eigenvalue weighted by molar-refractivity contribution is 5.99. The number of aromatic nitrogens is 2. The molecule has 1 aromatic heterocycles. The van der Waals surface area contributed by atoms with Crippen LogP contribution < -0.4 is 5.32 Å². The highest BCUT2D eigenvalue weighted by Gasteiger charge is 2.19. The van der Waals surface area contributed by atoms with E-state index in [1.807, 2.05) is 36.0 Å². The summed E-state index contributed by atoms with van der Waals surface area (Å²) in [6, 6.07) is 5.89. The van der Waals surface area contributed by atoms with Gasteiger partial charge in [0.05, 0.1) is 0 Å². The van der Waals surface area contributed by atoms with Gasteiger partial charge in [-0.2, -0.15) is 0 Å². The molecular formula is C12H11N3O. The molecule has 0 aliphatic carbocycles. The number of hydrogen-bond donors (Lipinski definition) is 1. The molecule has 4 heteroatoms. The average molecular weight is 213 g/mol. The zero-order valence-electron chi connectivity index (χ0n) is 8.90. The molecule has 0 spiro atoms. The number of rotatable bonds is 1. The van der Waals surface area contributed by atoms with Crippen LogP contribution in [0.2, 0.25) is 0 Å². The summed E-state index contributed by atoms with van der Waals surface area (Å²) in [4.78, 5) is 15.8. The SMILES string of the molecule is Cn1ccnc1-c1ccc2c(c1)C(=O)NC2. The van der Waals surface area contributed by atoms with Gasteiger partial charge in [0.2, 0.25) is 0 Å². The number of hydrogen-bond acceptors (Lipinski definition) is 2. The van der Waals surface area contributed by atoms with Crippen molar-refractivity contribution in [2.75, 3.05) is 0 Å². The number of benzene rings is 1. The Balaban J connectivity index is 2.15. The van der Waals surface area contributed by atoms with Gasteiger partial charge in [-0.3, -0.25) is 4.79 Å². The standard InChI is InChI=1S/C12H11N3O/c1-15-5-4-13-11(15)8-2-3-9-7-14-12(16)10(9)6-8/h2-6H,7H2,1H3,(H,14,16). The zero-order chi connectivity index (χ0) is 11.1. The Morgan fingerprint density at radius 1 is 1.44 bits per heavy atom. The molecule has 0 unspecified atom stereocenters. The molecule has 0 saturated heterocycles.